The van der Waals surface area contributed by atoms with E-state index in [1.54, 1.807) is 18.3 Å². The highest BCUT2D eigenvalue weighted by atomic mass is 35.5. The molecule has 1 aromatic carbocycles. The number of aromatic nitrogens is 1. The first-order valence-electron chi connectivity index (χ1n) is 6.92. The SMILES string of the molecule is CC(C)CC(=O)Nc1ccc(Nc2cccc(Cl)c2Cl)cn1. The van der Waals surface area contributed by atoms with E-state index in [1.807, 2.05) is 32.0 Å². The van der Waals surface area contributed by atoms with Crippen molar-refractivity contribution in [2.45, 2.75) is 20.3 Å². The summed E-state index contributed by atoms with van der Waals surface area (Å²) in [5.74, 6) is 0.792. The van der Waals surface area contributed by atoms with Gasteiger partial charge in [0.15, 0.2) is 0 Å². The largest absolute Gasteiger partial charge is 0.353 e. The van der Waals surface area contributed by atoms with Crippen LogP contribution in [0, 0.1) is 5.92 Å². The van der Waals surface area contributed by atoms with Crippen LogP contribution in [-0.2, 0) is 4.79 Å². The summed E-state index contributed by atoms with van der Waals surface area (Å²) in [5.41, 5.74) is 1.46. The molecule has 0 bridgehead atoms. The molecule has 1 amide bonds. The van der Waals surface area contributed by atoms with Crippen molar-refractivity contribution in [2.24, 2.45) is 5.92 Å². The summed E-state index contributed by atoms with van der Waals surface area (Å²) < 4.78 is 0. The van der Waals surface area contributed by atoms with E-state index < -0.39 is 0 Å². The molecule has 4 nitrogen and oxygen atoms in total. The minimum atomic E-state index is -0.0407. The van der Waals surface area contributed by atoms with Crippen molar-refractivity contribution in [3.05, 3.63) is 46.6 Å². The first-order chi connectivity index (χ1) is 10.5. The Hall–Kier alpha value is -1.78. The lowest BCUT2D eigenvalue weighted by Gasteiger charge is -2.10. The lowest BCUT2D eigenvalue weighted by Crippen LogP contribution is -2.14. The molecule has 2 aromatic rings. The second-order valence-corrected chi connectivity index (χ2v) is 6.09. The standard InChI is InChI=1S/C16H17Cl2N3O/c1-10(2)8-15(22)21-14-7-6-11(9-19-14)20-13-5-3-4-12(17)16(13)18/h3-7,9-10,20H,8H2,1-2H3,(H,19,21,22). The van der Waals surface area contributed by atoms with Crippen molar-refractivity contribution in [3.8, 4) is 0 Å². The Bertz CT molecular complexity index is 657. The van der Waals surface area contributed by atoms with Crippen LogP contribution in [0.5, 0.6) is 0 Å². The number of hydrogen-bond donors (Lipinski definition) is 2. The highest BCUT2D eigenvalue weighted by Gasteiger charge is 2.07. The molecule has 2 rings (SSSR count). The van der Waals surface area contributed by atoms with Gasteiger partial charge in [0.25, 0.3) is 0 Å². The van der Waals surface area contributed by atoms with Gasteiger partial charge >= 0.3 is 0 Å². The molecular weight excluding hydrogens is 321 g/mol. The molecule has 22 heavy (non-hydrogen) atoms. The lowest BCUT2D eigenvalue weighted by atomic mass is 10.1. The van der Waals surface area contributed by atoms with Crippen molar-refractivity contribution in [1.82, 2.24) is 4.98 Å². The second-order valence-electron chi connectivity index (χ2n) is 5.30. The summed E-state index contributed by atoms with van der Waals surface area (Å²) in [6.07, 6.45) is 2.10. The number of halogens is 2. The average Bonchev–Trinajstić information content (AvgIpc) is 2.45. The quantitative estimate of drug-likeness (QED) is 0.796. The molecule has 1 heterocycles. The summed E-state index contributed by atoms with van der Waals surface area (Å²) in [6, 6.07) is 8.91. The number of nitrogens with one attached hydrogen (secondary N) is 2. The van der Waals surface area contributed by atoms with Crippen molar-refractivity contribution < 1.29 is 4.79 Å². The molecule has 2 N–H and O–H groups in total. The fourth-order valence-electron chi connectivity index (χ4n) is 1.86. The number of anilines is 3. The fourth-order valence-corrected chi connectivity index (χ4v) is 2.21. The van der Waals surface area contributed by atoms with E-state index in [0.717, 1.165) is 5.69 Å². The van der Waals surface area contributed by atoms with Crippen LogP contribution in [0.15, 0.2) is 36.5 Å². The van der Waals surface area contributed by atoms with Crippen LogP contribution < -0.4 is 10.6 Å². The second kappa shape index (κ2) is 7.47. The first kappa shape index (κ1) is 16.6. The van der Waals surface area contributed by atoms with Crippen LogP contribution in [0.4, 0.5) is 17.2 Å². The molecule has 1 aromatic heterocycles. The molecule has 0 saturated carbocycles. The summed E-state index contributed by atoms with van der Waals surface area (Å²) in [6.45, 7) is 3.99. The highest BCUT2D eigenvalue weighted by molar-refractivity contribution is 6.43. The number of carbonyl (C=O) groups is 1. The molecule has 0 fully saturated rings. The van der Waals surface area contributed by atoms with Gasteiger partial charge in [-0.3, -0.25) is 4.79 Å². The normalized spacial score (nSPS) is 10.6. The van der Waals surface area contributed by atoms with Crippen molar-refractivity contribution in [2.75, 3.05) is 10.6 Å². The third kappa shape index (κ3) is 4.61. The number of carbonyl (C=O) groups excluding carboxylic acids is 1. The van der Waals surface area contributed by atoms with Crippen LogP contribution in [0.1, 0.15) is 20.3 Å². The van der Waals surface area contributed by atoms with Gasteiger partial charge in [0.05, 0.1) is 27.6 Å². The minimum absolute atomic E-state index is 0.0407. The third-order valence-corrected chi connectivity index (χ3v) is 3.67. The molecule has 0 radical (unpaired) electrons. The van der Waals surface area contributed by atoms with E-state index in [9.17, 15) is 4.79 Å². The summed E-state index contributed by atoms with van der Waals surface area (Å²) in [5, 5.41) is 6.83. The predicted octanol–water partition coefficient (Wildman–Crippen LogP) is 5.12. The first-order valence-corrected chi connectivity index (χ1v) is 7.68. The minimum Gasteiger partial charge on any atom is -0.353 e. The van der Waals surface area contributed by atoms with Crippen LogP contribution in [0.25, 0.3) is 0 Å². The average molecular weight is 338 g/mol. The molecule has 0 unspecified atom stereocenters. The van der Waals surface area contributed by atoms with Gasteiger partial charge in [-0.1, -0.05) is 43.1 Å². The van der Waals surface area contributed by atoms with E-state index in [4.69, 9.17) is 23.2 Å². The predicted molar refractivity (Wildman–Crippen MR) is 92.1 cm³/mol. The number of nitrogens with zero attached hydrogens (tertiary/aromatic N) is 1. The van der Waals surface area contributed by atoms with Crippen LogP contribution >= 0.6 is 23.2 Å². The Morgan fingerprint density at radius 1 is 1.23 bits per heavy atom. The molecule has 0 atom stereocenters. The lowest BCUT2D eigenvalue weighted by molar-refractivity contribution is -0.116. The maximum Gasteiger partial charge on any atom is 0.225 e. The fraction of sp³-hybridized carbons (Fsp3) is 0.250. The van der Waals surface area contributed by atoms with E-state index in [-0.39, 0.29) is 5.91 Å². The Labute approximate surface area is 139 Å². The summed E-state index contributed by atoms with van der Waals surface area (Å²) in [7, 11) is 0. The van der Waals surface area contributed by atoms with Gasteiger partial charge in [0.2, 0.25) is 5.91 Å². The molecule has 0 aliphatic carbocycles. The van der Waals surface area contributed by atoms with Gasteiger partial charge in [-0.15, -0.1) is 0 Å². The number of hydrogen-bond acceptors (Lipinski definition) is 3. The Balaban J connectivity index is 2.03. The monoisotopic (exact) mass is 337 g/mol. The maximum absolute atomic E-state index is 11.7. The summed E-state index contributed by atoms with van der Waals surface area (Å²) in [4.78, 5) is 15.9. The van der Waals surface area contributed by atoms with Gasteiger partial charge in [-0.05, 0) is 30.2 Å². The van der Waals surface area contributed by atoms with Crippen molar-refractivity contribution in [1.29, 1.82) is 0 Å². The maximum atomic E-state index is 11.7. The Morgan fingerprint density at radius 2 is 2.00 bits per heavy atom. The van der Waals surface area contributed by atoms with Gasteiger partial charge in [0.1, 0.15) is 5.82 Å². The number of amides is 1. The topological polar surface area (TPSA) is 54.0 Å². The van der Waals surface area contributed by atoms with E-state index in [2.05, 4.69) is 15.6 Å². The molecular formula is C16H17Cl2N3O. The smallest absolute Gasteiger partial charge is 0.225 e. The summed E-state index contributed by atoms with van der Waals surface area (Å²) >= 11 is 12.1. The third-order valence-electron chi connectivity index (χ3n) is 2.86. The van der Waals surface area contributed by atoms with Crippen LogP contribution in [0.2, 0.25) is 10.0 Å². The zero-order chi connectivity index (χ0) is 16.1. The van der Waals surface area contributed by atoms with Gasteiger partial charge in [-0.2, -0.15) is 0 Å². The van der Waals surface area contributed by atoms with Gasteiger partial charge in [0, 0.05) is 6.42 Å². The Morgan fingerprint density at radius 3 is 2.64 bits per heavy atom. The van der Waals surface area contributed by atoms with Gasteiger partial charge in [-0.25, -0.2) is 4.98 Å². The van der Waals surface area contributed by atoms with Crippen molar-refractivity contribution >= 4 is 46.3 Å². The number of pyridine rings is 1. The molecule has 116 valence electrons. The highest BCUT2D eigenvalue weighted by Crippen LogP contribution is 2.31. The van der Waals surface area contributed by atoms with E-state index in [1.165, 1.54) is 0 Å². The molecule has 0 spiro atoms. The Kier molecular flexibility index (Phi) is 5.63. The molecule has 0 aliphatic rings. The van der Waals surface area contributed by atoms with Crippen LogP contribution in [0.3, 0.4) is 0 Å². The number of rotatable bonds is 5. The number of benzene rings is 1. The zero-order valence-corrected chi connectivity index (χ0v) is 13.9. The zero-order valence-electron chi connectivity index (χ0n) is 12.4. The van der Waals surface area contributed by atoms with Gasteiger partial charge < -0.3 is 10.6 Å². The molecule has 0 saturated heterocycles. The molecule has 6 heteroatoms. The molecule has 0 aliphatic heterocycles. The van der Waals surface area contributed by atoms with E-state index >= 15 is 0 Å². The van der Waals surface area contributed by atoms with E-state index in [0.29, 0.717) is 33.9 Å². The van der Waals surface area contributed by atoms with Crippen molar-refractivity contribution in [3.63, 3.8) is 0 Å². The van der Waals surface area contributed by atoms with Crippen LogP contribution in [-0.4, -0.2) is 10.9 Å².